The van der Waals surface area contributed by atoms with Crippen molar-refractivity contribution in [1.29, 1.82) is 0 Å². The van der Waals surface area contributed by atoms with Crippen LogP contribution < -0.4 is 10.1 Å². The first kappa shape index (κ1) is 14.3. The highest BCUT2D eigenvalue weighted by molar-refractivity contribution is 7.09. The summed E-state index contributed by atoms with van der Waals surface area (Å²) in [6.07, 6.45) is -0.472. The van der Waals surface area contributed by atoms with E-state index in [1.54, 1.807) is 30.4 Å². The Kier molecular flexibility index (Phi) is 4.95. The van der Waals surface area contributed by atoms with E-state index < -0.39 is 6.09 Å². The monoisotopic (exact) mass is 292 g/mol. The Morgan fingerprint density at radius 1 is 1.45 bits per heavy atom. The number of aryl methyl sites for hydroxylation is 1. The Hall–Kier alpha value is -2.08. The van der Waals surface area contributed by atoms with Gasteiger partial charge in [0.1, 0.15) is 17.4 Å². The van der Waals surface area contributed by atoms with Crippen LogP contribution in [0.15, 0.2) is 29.6 Å². The normalized spacial score (nSPS) is 10.1. The quantitative estimate of drug-likeness (QED) is 0.914. The molecule has 1 N–H and O–H groups in total. The molecule has 0 spiro atoms. The summed E-state index contributed by atoms with van der Waals surface area (Å²) < 4.78 is 10.5. The second kappa shape index (κ2) is 6.91. The van der Waals surface area contributed by atoms with Crippen LogP contribution in [0.1, 0.15) is 17.6 Å². The molecule has 0 aliphatic rings. The third kappa shape index (κ3) is 4.24. The summed E-state index contributed by atoms with van der Waals surface area (Å²) in [6.45, 7) is 4.46. The molecule has 0 saturated carbocycles. The molecule has 0 radical (unpaired) electrons. The molecular weight excluding hydrogens is 276 g/mol. The van der Waals surface area contributed by atoms with Crippen molar-refractivity contribution >= 4 is 23.1 Å². The standard InChI is InChI=1S/C14H16N2O3S/c1-3-18-14(17)16-11-5-4-6-12(7-11)19-8-13-15-10(2)9-20-13/h4-7,9H,3,8H2,1-2H3,(H,16,17). The number of carbonyl (C=O) groups excluding carboxylic acids is 1. The Balaban J connectivity index is 1.93. The van der Waals surface area contributed by atoms with E-state index in [0.717, 1.165) is 10.7 Å². The van der Waals surface area contributed by atoms with Gasteiger partial charge in [0, 0.05) is 22.8 Å². The van der Waals surface area contributed by atoms with Gasteiger partial charge in [-0.05, 0) is 26.0 Å². The lowest BCUT2D eigenvalue weighted by Gasteiger charge is -2.08. The first-order chi connectivity index (χ1) is 9.67. The summed E-state index contributed by atoms with van der Waals surface area (Å²) in [5.74, 6) is 0.673. The van der Waals surface area contributed by atoms with Crippen LogP contribution in [0, 0.1) is 6.92 Å². The first-order valence-electron chi connectivity index (χ1n) is 6.25. The maximum Gasteiger partial charge on any atom is 0.411 e. The molecule has 5 nitrogen and oxygen atoms in total. The van der Waals surface area contributed by atoms with Crippen LogP contribution in [-0.2, 0) is 11.3 Å². The topological polar surface area (TPSA) is 60.5 Å². The fraction of sp³-hybridized carbons (Fsp3) is 0.286. The lowest BCUT2D eigenvalue weighted by Crippen LogP contribution is -2.13. The minimum absolute atomic E-state index is 0.339. The summed E-state index contributed by atoms with van der Waals surface area (Å²) >= 11 is 1.56. The molecule has 1 aromatic carbocycles. The minimum Gasteiger partial charge on any atom is -0.486 e. The summed E-state index contributed by atoms with van der Waals surface area (Å²) in [6, 6.07) is 7.16. The number of nitrogens with one attached hydrogen (secondary N) is 1. The SMILES string of the molecule is CCOC(=O)Nc1cccc(OCc2nc(C)cs2)c1. The highest BCUT2D eigenvalue weighted by atomic mass is 32.1. The van der Waals surface area contributed by atoms with E-state index >= 15 is 0 Å². The van der Waals surface area contributed by atoms with Gasteiger partial charge in [0.15, 0.2) is 0 Å². The second-order valence-corrected chi connectivity index (χ2v) is 4.99. The number of ether oxygens (including phenoxy) is 2. The van der Waals surface area contributed by atoms with E-state index in [-0.39, 0.29) is 0 Å². The number of hydrogen-bond donors (Lipinski definition) is 1. The summed E-state index contributed by atoms with van der Waals surface area (Å²) in [7, 11) is 0. The van der Waals surface area contributed by atoms with Crippen LogP contribution in [0.5, 0.6) is 5.75 Å². The number of hydrogen-bond acceptors (Lipinski definition) is 5. The van der Waals surface area contributed by atoms with Gasteiger partial charge < -0.3 is 9.47 Å². The molecule has 0 aliphatic heterocycles. The van der Waals surface area contributed by atoms with Gasteiger partial charge in [0.25, 0.3) is 0 Å². The van der Waals surface area contributed by atoms with Gasteiger partial charge in [-0.1, -0.05) is 6.07 Å². The van der Waals surface area contributed by atoms with Gasteiger partial charge >= 0.3 is 6.09 Å². The lowest BCUT2D eigenvalue weighted by atomic mass is 10.3. The van der Waals surface area contributed by atoms with Crippen LogP contribution >= 0.6 is 11.3 Å². The minimum atomic E-state index is -0.472. The Labute approximate surface area is 121 Å². The number of thiazole rings is 1. The van der Waals surface area contributed by atoms with Gasteiger partial charge in [0.05, 0.1) is 6.61 Å². The Bertz CT molecular complexity index is 583. The molecule has 0 aliphatic carbocycles. The van der Waals surface area contributed by atoms with Crippen molar-refractivity contribution in [2.24, 2.45) is 0 Å². The molecule has 1 aromatic heterocycles. The van der Waals surface area contributed by atoms with Crippen molar-refractivity contribution in [3.63, 3.8) is 0 Å². The van der Waals surface area contributed by atoms with Crippen molar-refractivity contribution in [2.75, 3.05) is 11.9 Å². The van der Waals surface area contributed by atoms with E-state index in [1.165, 1.54) is 0 Å². The third-order valence-electron chi connectivity index (χ3n) is 2.38. The van der Waals surface area contributed by atoms with Crippen LogP contribution in [0.4, 0.5) is 10.5 Å². The van der Waals surface area contributed by atoms with Crippen molar-refractivity contribution < 1.29 is 14.3 Å². The van der Waals surface area contributed by atoms with Gasteiger partial charge in [-0.15, -0.1) is 11.3 Å². The molecule has 0 atom stereocenters. The zero-order valence-corrected chi connectivity index (χ0v) is 12.2. The maximum atomic E-state index is 11.3. The summed E-state index contributed by atoms with van der Waals surface area (Å²) in [5.41, 5.74) is 1.63. The smallest absolute Gasteiger partial charge is 0.411 e. The highest BCUT2D eigenvalue weighted by Crippen LogP contribution is 2.19. The van der Waals surface area contributed by atoms with Crippen molar-refractivity contribution in [2.45, 2.75) is 20.5 Å². The zero-order valence-electron chi connectivity index (χ0n) is 11.4. The molecule has 20 heavy (non-hydrogen) atoms. The van der Waals surface area contributed by atoms with Gasteiger partial charge in [-0.25, -0.2) is 9.78 Å². The van der Waals surface area contributed by atoms with E-state index in [1.807, 2.05) is 24.4 Å². The highest BCUT2D eigenvalue weighted by Gasteiger charge is 2.04. The number of aromatic nitrogens is 1. The number of rotatable bonds is 5. The van der Waals surface area contributed by atoms with E-state index in [9.17, 15) is 4.79 Å². The van der Waals surface area contributed by atoms with Gasteiger partial charge in [-0.2, -0.15) is 0 Å². The number of anilines is 1. The summed E-state index contributed by atoms with van der Waals surface area (Å²) in [4.78, 5) is 15.6. The Morgan fingerprint density at radius 2 is 2.30 bits per heavy atom. The molecular formula is C14H16N2O3S. The van der Waals surface area contributed by atoms with Gasteiger partial charge in [-0.3, -0.25) is 5.32 Å². The predicted molar refractivity (Wildman–Crippen MR) is 78.3 cm³/mol. The average Bonchev–Trinajstić information content (AvgIpc) is 2.83. The van der Waals surface area contributed by atoms with Crippen molar-refractivity contribution in [3.05, 3.63) is 40.3 Å². The molecule has 0 bridgehead atoms. The fourth-order valence-corrected chi connectivity index (χ4v) is 2.25. The molecule has 2 rings (SSSR count). The first-order valence-corrected chi connectivity index (χ1v) is 7.13. The van der Waals surface area contributed by atoms with E-state index in [2.05, 4.69) is 10.3 Å². The lowest BCUT2D eigenvalue weighted by molar-refractivity contribution is 0.168. The second-order valence-electron chi connectivity index (χ2n) is 4.04. The molecule has 6 heteroatoms. The molecule has 1 heterocycles. The number of benzene rings is 1. The van der Waals surface area contributed by atoms with E-state index in [0.29, 0.717) is 24.7 Å². The maximum absolute atomic E-state index is 11.3. The Morgan fingerprint density at radius 3 is 3.00 bits per heavy atom. The molecule has 106 valence electrons. The van der Waals surface area contributed by atoms with Gasteiger partial charge in [0.2, 0.25) is 0 Å². The van der Waals surface area contributed by atoms with Crippen LogP contribution in [0.25, 0.3) is 0 Å². The average molecular weight is 292 g/mol. The molecule has 1 amide bonds. The molecule has 0 saturated heterocycles. The predicted octanol–water partition coefficient (Wildman–Crippen LogP) is 3.60. The third-order valence-corrected chi connectivity index (χ3v) is 3.32. The zero-order chi connectivity index (χ0) is 14.4. The molecule has 0 unspecified atom stereocenters. The molecule has 2 aromatic rings. The summed E-state index contributed by atoms with van der Waals surface area (Å²) in [5, 5.41) is 5.54. The number of carbonyl (C=O) groups is 1. The van der Waals surface area contributed by atoms with Crippen LogP contribution in [0.2, 0.25) is 0 Å². The van der Waals surface area contributed by atoms with Crippen molar-refractivity contribution in [3.8, 4) is 5.75 Å². The number of nitrogens with zero attached hydrogens (tertiary/aromatic N) is 1. The van der Waals surface area contributed by atoms with Crippen molar-refractivity contribution in [1.82, 2.24) is 4.98 Å². The van der Waals surface area contributed by atoms with Crippen LogP contribution in [-0.4, -0.2) is 17.7 Å². The fourth-order valence-electron chi connectivity index (χ4n) is 1.56. The largest absolute Gasteiger partial charge is 0.486 e. The van der Waals surface area contributed by atoms with E-state index in [4.69, 9.17) is 9.47 Å². The number of amides is 1. The molecule has 0 fully saturated rings. The van der Waals surface area contributed by atoms with Crippen LogP contribution in [0.3, 0.4) is 0 Å².